The van der Waals surface area contributed by atoms with E-state index in [2.05, 4.69) is 0 Å². The van der Waals surface area contributed by atoms with Gasteiger partial charge in [-0.05, 0) is 19.0 Å². The van der Waals surface area contributed by atoms with E-state index in [9.17, 15) is 12.8 Å². The first kappa shape index (κ1) is 14.9. The summed E-state index contributed by atoms with van der Waals surface area (Å²) < 4.78 is 37.0. The number of nitrogen functional groups attached to an aromatic ring is 1. The molecule has 0 bridgehead atoms. The topological polar surface area (TPSA) is 87.2 Å². The zero-order chi connectivity index (χ0) is 14.8. The van der Waals surface area contributed by atoms with Gasteiger partial charge in [0.1, 0.15) is 11.7 Å². The molecule has 1 fully saturated rings. The van der Waals surface area contributed by atoms with Crippen LogP contribution in [-0.2, 0) is 16.4 Å². The number of benzene rings is 1. The third-order valence-electron chi connectivity index (χ3n) is 3.41. The quantitative estimate of drug-likeness (QED) is 0.636. The number of amidine groups is 1. The van der Waals surface area contributed by atoms with E-state index in [0.717, 1.165) is 0 Å². The summed E-state index contributed by atoms with van der Waals surface area (Å²) >= 11 is 0. The molecule has 0 unspecified atom stereocenters. The summed E-state index contributed by atoms with van der Waals surface area (Å²) in [5.41, 5.74) is 6.15. The summed E-state index contributed by atoms with van der Waals surface area (Å²) in [7, 11) is -2.95. The maximum Gasteiger partial charge on any atom is 0.151 e. The maximum atomic E-state index is 13.9. The van der Waals surface area contributed by atoms with Crippen LogP contribution in [0.2, 0.25) is 0 Å². The number of nitrogens with zero attached hydrogens (tertiary/aromatic N) is 1. The molecule has 0 aromatic heterocycles. The molecule has 3 N–H and O–H groups in total. The number of halogens is 1. The standard InChI is InChI=1S/C13H18FN3O2S/c14-12-8-10(13(15)16)2-3-11(12)9-17-4-1-6-20(18,19)7-5-17/h2-3,8H,1,4-7,9H2,(H3,15,16). The first-order valence-corrected chi connectivity index (χ1v) is 8.25. The van der Waals surface area contributed by atoms with Crippen LogP contribution in [0.25, 0.3) is 0 Å². The number of nitrogens with one attached hydrogen (secondary N) is 1. The van der Waals surface area contributed by atoms with E-state index in [-0.39, 0.29) is 17.3 Å². The summed E-state index contributed by atoms with van der Waals surface area (Å²) in [5.74, 6) is -0.254. The molecule has 0 radical (unpaired) electrons. The van der Waals surface area contributed by atoms with Crippen molar-refractivity contribution in [3.05, 3.63) is 35.1 Å². The average molecular weight is 299 g/mol. The second-order valence-electron chi connectivity index (χ2n) is 5.00. The molecule has 1 aromatic rings. The van der Waals surface area contributed by atoms with Crippen LogP contribution in [0.1, 0.15) is 17.5 Å². The van der Waals surface area contributed by atoms with Crippen molar-refractivity contribution in [2.24, 2.45) is 5.73 Å². The van der Waals surface area contributed by atoms with Gasteiger partial charge in [0.05, 0.1) is 11.5 Å². The van der Waals surface area contributed by atoms with Gasteiger partial charge in [-0.15, -0.1) is 0 Å². The second-order valence-corrected chi connectivity index (χ2v) is 7.31. The first-order chi connectivity index (χ1) is 9.37. The Morgan fingerprint density at radius 2 is 2.10 bits per heavy atom. The Morgan fingerprint density at radius 3 is 2.75 bits per heavy atom. The van der Waals surface area contributed by atoms with E-state index in [4.69, 9.17) is 11.1 Å². The van der Waals surface area contributed by atoms with Crippen molar-refractivity contribution in [2.75, 3.05) is 24.6 Å². The molecule has 110 valence electrons. The molecule has 1 aliphatic heterocycles. The number of hydrogen-bond acceptors (Lipinski definition) is 4. The summed E-state index contributed by atoms with van der Waals surface area (Å²) in [6.07, 6.45) is 0.579. The second kappa shape index (κ2) is 5.88. The lowest BCUT2D eigenvalue weighted by Crippen LogP contribution is -2.27. The van der Waals surface area contributed by atoms with Gasteiger partial charge in [0, 0.05) is 24.2 Å². The van der Waals surface area contributed by atoms with E-state index < -0.39 is 15.7 Å². The molecule has 20 heavy (non-hydrogen) atoms. The SMILES string of the molecule is N=C(N)c1ccc(CN2CCCS(=O)(=O)CC2)c(F)c1. The van der Waals surface area contributed by atoms with E-state index in [1.165, 1.54) is 6.07 Å². The molecule has 1 heterocycles. The highest BCUT2D eigenvalue weighted by molar-refractivity contribution is 7.91. The minimum atomic E-state index is -2.95. The molecule has 1 aliphatic rings. The summed E-state index contributed by atoms with van der Waals surface area (Å²) in [6, 6.07) is 4.45. The lowest BCUT2D eigenvalue weighted by atomic mass is 10.1. The largest absolute Gasteiger partial charge is 0.384 e. The minimum absolute atomic E-state index is 0.125. The zero-order valence-electron chi connectivity index (χ0n) is 11.1. The van der Waals surface area contributed by atoms with Gasteiger partial charge >= 0.3 is 0 Å². The minimum Gasteiger partial charge on any atom is -0.384 e. The molecule has 0 spiro atoms. The highest BCUT2D eigenvalue weighted by atomic mass is 32.2. The Bertz CT molecular complexity index is 616. The summed E-state index contributed by atoms with van der Waals surface area (Å²) in [4.78, 5) is 1.94. The van der Waals surface area contributed by atoms with Gasteiger partial charge in [0.2, 0.25) is 0 Å². The van der Waals surface area contributed by atoms with Gasteiger partial charge in [0.25, 0.3) is 0 Å². The highest BCUT2D eigenvalue weighted by Gasteiger charge is 2.20. The molecule has 1 aromatic carbocycles. The van der Waals surface area contributed by atoms with Crippen LogP contribution in [0.5, 0.6) is 0 Å². The Morgan fingerprint density at radius 1 is 1.35 bits per heavy atom. The van der Waals surface area contributed by atoms with Crippen molar-refractivity contribution < 1.29 is 12.8 Å². The van der Waals surface area contributed by atoms with Crippen LogP contribution >= 0.6 is 0 Å². The van der Waals surface area contributed by atoms with Crippen LogP contribution < -0.4 is 5.73 Å². The predicted molar refractivity (Wildman–Crippen MR) is 76.0 cm³/mol. The number of hydrogen-bond donors (Lipinski definition) is 2. The summed E-state index contributed by atoms with van der Waals surface area (Å²) in [5, 5.41) is 7.26. The van der Waals surface area contributed by atoms with E-state index in [1.54, 1.807) is 12.1 Å². The molecule has 5 nitrogen and oxygen atoms in total. The molecule has 1 saturated heterocycles. The van der Waals surface area contributed by atoms with Crippen LogP contribution in [0.3, 0.4) is 0 Å². The molecule has 0 aliphatic carbocycles. The first-order valence-electron chi connectivity index (χ1n) is 6.43. The number of sulfone groups is 1. The van der Waals surface area contributed by atoms with Gasteiger partial charge in [-0.1, -0.05) is 12.1 Å². The van der Waals surface area contributed by atoms with Crippen LogP contribution in [0, 0.1) is 11.2 Å². The highest BCUT2D eigenvalue weighted by Crippen LogP contribution is 2.15. The van der Waals surface area contributed by atoms with Gasteiger partial charge in [-0.2, -0.15) is 0 Å². The number of nitrogens with two attached hydrogens (primary N) is 1. The van der Waals surface area contributed by atoms with E-state index in [1.807, 2.05) is 4.90 Å². The van der Waals surface area contributed by atoms with Gasteiger partial charge < -0.3 is 5.73 Å². The van der Waals surface area contributed by atoms with Crippen molar-refractivity contribution >= 4 is 15.7 Å². The fourth-order valence-electron chi connectivity index (χ4n) is 2.23. The normalized spacial score (nSPS) is 19.4. The molecular weight excluding hydrogens is 281 g/mol. The molecule has 0 saturated carbocycles. The third kappa shape index (κ3) is 3.77. The fraction of sp³-hybridized carbons (Fsp3) is 0.462. The molecular formula is C13H18FN3O2S. The lowest BCUT2D eigenvalue weighted by molar-refractivity contribution is 0.283. The van der Waals surface area contributed by atoms with E-state index >= 15 is 0 Å². The van der Waals surface area contributed by atoms with Crippen molar-refractivity contribution in [3.8, 4) is 0 Å². The summed E-state index contributed by atoms with van der Waals surface area (Å²) in [6.45, 7) is 1.45. The van der Waals surface area contributed by atoms with Crippen molar-refractivity contribution in [1.82, 2.24) is 4.90 Å². The van der Waals surface area contributed by atoms with Crippen molar-refractivity contribution in [2.45, 2.75) is 13.0 Å². The zero-order valence-corrected chi connectivity index (χ0v) is 11.9. The van der Waals surface area contributed by atoms with Gasteiger partial charge in [-0.3, -0.25) is 10.3 Å². The van der Waals surface area contributed by atoms with Crippen LogP contribution in [-0.4, -0.2) is 43.7 Å². The molecule has 0 amide bonds. The van der Waals surface area contributed by atoms with Crippen molar-refractivity contribution in [3.63, 3.8) is 0 Å². The smallest absolute Gasteiger partial charge is 0.151 e. The monoisotopic (exact) mass is 299 g/mol. The number of rotatable bonds is 3. The average Bonchev–Trinajstić information content (AvgIpc) is 2.53. The molecule has 7 heteroatoms. The third-order valence-corrected chi connectivity index (χ3v) is 5.12. The Kier molecular flexibility index (Phi) is 4.39. The van der Waals surface area contributed by atoms with Crippen molar-refractivity contribution in [1.29, 1.82) is 5.41 Å². The van der Waals surface area contributed by atoms with Crippen LogP contribution in [0.4, 0.5) is 4.39 Å². The Labute approximate surface area is 118 Å². The molecule has 2 rings (SSSR count). The Balaban J connectivity index is 2.08. The fourth-order valence-corrected chi connectivity index (χ4v) is 3.54. The van der Waals surface area contributed by atoms with Crippen LogP contribution in [0.15, 0.2) is 18.2 Å². The Hall–Kier alpha value is -1.47. The van der Waals surface area contributed by atoms with Gasteiger partial charge in [-0.25, -0.2) is 12.8 Å². The maximum absolute atomic E-state index is 13.9. The lowest BCUT2D eigenvalue weighted by Gasteiger charge is -2.19. The predicted octanol–water partition coefficient (Wildman–Crippen LogP) is 0.730. The molecule has 0 atom stereocenters. The van der Waals surface area contributed by atoms with E-state index in [0.29, 0.717) is 37.2 Å². The van der Waals surface area contributed by atoms with Gasteiger partial charge in [0.15, 0.2) is 9.84 Å².